The Labute approximate surface area is 87.1 Å². The van der Waals surface area contributed by atoms with Crippen LogP contribution >= 0.6 is 12.4 Å². The van der Waals surface area contributed by atoms with Crippen LogP contribution in [0, 0.1) is 32.4 Å². The van der Waals surface area contributed by atoms with E-state index in [9.17, 15) is 0 Å². The van der Waals surface area contributed by atoms with Gasteiger partial charge in [-0.05, 0) is 0 Å². The maximum atomic E-state index is 8.60. The van der Waals surface area contributed by atoms with Gasteiger partial charge in [0.15, 0.2) is 0 Å². The van der Waals surface area contributed by atoms with Crippen molar-refractivity contribution in [3.63, 3.8) is 0 Å². The van der Waals surface area contributed by atoms with Crippen LogP contribution in [0.3, 0.4) is 0 Å². The van der Waals surface area contributed by atoms with Crippen molar-refractivity contribution >= 4 is 12.4 Å². The first-order valence-electron chi connectivity index (χ1n) is 1.43. The minimum atomic E-state index is -4.69. The van der Waals surface area contributed by atoms with Crippen LogP contribution in [0.1, 0.15) is 0 Å². The highest BCUT2D eigenvalue weighted by molar-refractivity contribution is 5.85. The van der Waals surface area contributed by atoms with Crippen molar-refractivity contribution < 1.29 is 74.3 Å². The van der Waals surface area contributed by atoms with Crippen LogP contribution in [-0.4, -0.2) is 14.0 Å². The van der Waals surface area contributed by atoms with Crippen LogP contribution in [0.4, 0.5) is 0 Å². The van der Waals surface area contributed by atoms with E-state index in [2.05, 4.69) is 0 Å². The Morgan fingerprint density at radius 1 is 1.15 bits per heavy atom. The van der Waals surface area contributed by atoms with E-state index in [-0.39, 0.29) is 23.7 Å². The average Bonchev–Trinajstić information content (AvgIpc) is 1.56. The lowest BCUT2D eigenvalue weighted by atomic mass is 15.8. The highest BCUT2D eigenvalue weighted by Crippen LogP contribution is 1.60. The van der Waals surface area contributed by atoms with Crippen molar-refractivity contribution in [2.24, 2.45) is 0 Å². The molecule has 0 aliphatic heterocycles. The van der Waals surface area contributed by atoms with Gasteiger partial charge in [0, 0.05) is 4.66 Å². The molecule has 86 valence electrons. The van der Waals surface area contributed by atoms with Gasteiger partial charge in [-0.3, -0.25) is 0 Å². The van der Waals surface area contributed by atoms with E-state index in [4.69, 9.17) is 41.9 Å². The van der Waals surface area contributed by atoms with Gasteiger partial charge in [-0.2, -0.15) is 14.0 Å². The van der Waals surface area contributed by atoms with E-state index in [0.29, 0.717) is 0 Å². The summed E-state index contributed by atoms with van der Waals surface area (Å²) in [6.07, 6.45) is 0. The summed E-state index contributed by atoms with van der Waals surface area (Å²) in [5.74, 6) is 0. The zero-order valence-corrected chi connectivity index (χ0v) is 8.42. The quantitative estimate of drug-likeness (QED) is 0.387. The Bertz CT molecular complexity index is 57.8. The van der Waals surface area contributed by atoms with Gasteiger partial charge in [0.1, 0.15) is 0 Å². The Balaban J connectivity index is -0.0000000465. The second-order valence-corrected chi connectivity index (χ2v) is 2.00. The molecule has 0 saturated carbocycles. The third-order valence-electron chi connectivity index (χ3n) is 0. The summed E-state index contributed by atoms with van der Waals surface area (Å²) in [5.41, 5.74) is 0. The smallest absolute Gasteiger partial charge is 0.327 e. The summed E-state index contributed by atoms with van der Waals surface area (Å²) in [4.78, 5) is 0. The molecule has 0 spiro atoms. The van der Waals surface area contributed by atoms with Crippen molar-refractivity contribution in [2.75, 3.05) is 0 Å². The number of rotatable bonds is 0. The Hall–Kier alpha value is 0.800. The molecule has 0 saturated heterocycles. The molecular formula is H4Cl4O9. The molecule has 0 radical (unpaired) electrons. The average molecular weight is 290 g/mol. The minimum Gasteiger partial charge on any atom is -0.506 e. The number of hydrogen-bond acceptors (Lipinski definition) is 9. The summed E-state index contributed by atoms with van der Waals surface area (Å²) in [6, 6.07) is 0. The lowest BCUT2D eigenvalue weighted by molar-refractivity contribution is -1.92. The first-order chi connectivity index (χ1) is 5.15. The summed E-state index contributed by atoms with van der Waals surface area (Å²) in [6.45, 7) is 0. The van der Waals surface area contributed by atoms with Crippen LogP contribution in [0.2, 0.25) is 0 Å². The van der Waals surface area contributed by atoms with E-state index in [1.807, 2.05) is 0 Å². The third kappa shape index (κ3) is 2330. The molecule has 0 aromatic rings. The zero-order valence-electron chi connectivity index (χ0n) is 5.33. The van der Waals surface area contributed by atoms with Crippen molar-refractivity contribution in [3.05, 3.63) is 0 Å². The molecule has 13 heteroatoms. The summed E-state index contributed by atoms with van der Waals surface area (Å²) >= 11 is -0.167. The van der Waals surface area contributed by atoms with Gasteiger partial charge < -0.3 is 14.0 Å². The molecule has 0 unspecified atom stereocenters. The van der Waals surface area contributed by atoms with Crippen molar-refractivity contribution in [1.29, 1.82) is 0 Å². The van der Waals surface area contributed by atoms with Gasteiger partial charge in [0.05, 0.1) is 14.9 Å². The number of halogens is 4. The molecule has 0 aliphatic rings. The van der Waals surface area contributed by atoms with Crippen LogP contribution in [-0.2, 0) is 0 Å². The molecular weight excluding hydrogens is 286 g/mol. The molecule has 0 amide bonds. The molecule has 0 aromatic heterocycles. The minimum absolute atomic E-state index is 0. The fourth-order valence-electron chi connectivity index (χ4n) is 0. The second-order valence-electron chi connectivity index (χ2n) is 0.666. The summed E-state index contributed by atoms with van der Waals surface area (Å²) in [5, 5.41) is 0. The second kappa shape index (κ2) is 15.3. The summed E-state index contributed by atoms with van der Waals surface area (Å²) in [7, 11) is -7.30. The maximum absolute atomic E-state index is 8.60. The van der Waals surface area contributed by atoms with E-state index < -0.39 is 21.0 Å². The van der Waals surface area contributed by atoms with Crippen LogP contribution in [0.15, 0.2) is 0 Å². The van der Waals surface area contributed by atoms with Gasteiger partial charge in [0.2, 0.25) is 0 Å². The lowest BCUT2D eigenvalue weighted by Crippen LogP contribution is -2.58. The zero-order chi connectivity index (χ0) is 10.8. The van der Waals surface area contributed by atoms with Crippen LogP contribution in [0.5, 0.6) is 0 Å². The van der Waals surface area contributed by atoms with Crippen molar-refractivity contribution in [1.82, 2.24) is 0 Å². The number of hydrogen-bond donors (Lipinski definition) is 3. The van der Waals surface area contributed by atoms with E-state index >= 15 is 0 Å². The van der Waals surface area contributed by atoms with E-state index in [1.165, 1.54) is 0 Å². The molecule has 0 rings (SSSR count). The van der Waals surface area contributed by atoms with Gasteiger partial charge >= 0.3 is 11.3 Å². The predicted molar refractivity (Wildman–Crippen MR) is 13.9 cm³/mol. The largest absolute Gasteiger partial charge is 0.506 e. The van der Waals surface area contributed by atoms with Gasteiger partial charge in [-0.1, -0.05) is 0 Å². The fraction of sp³-hybridized carbons (Fsp3) is 0. The first kappa shape index (κ1) is 23.5. The van der Waals surface area contributed by atoms with Crippen LogP contribution < -0.4 is 28.0 Å². The molecule has 0 heterocycles. The van der Waals surface area contributed by atoms with Gasteiger partial charge in [-0.25, -0.2) is 0 Å². The van der Waals surface area contributed by atoms with Gasteiger partial charge in [0.25, 0.3) is 10.8 Å². The molecule has 3 N–H and O–H groups in total. The maximum Gasteiger partial charge on any atom is 0.327 e. The summed E-state index contributed by atoms with van der Waals surface area (Å²) < 4.78 is 71.9. The molecule has 13 heavy (non-hydrogen) atoms. The predicted octanol–water partition coefficient (Wildman–Crippen LogP) is -8.38. The SMILES string of the molecule is Cl.[O-][Cl+2]([O-])O.[O-][Cl+3]([O-])([O-])O.[O-][Cl+]O. The highest BCUT2D eigenvalue weighted by atomic mass is 35.7. The normalized spacial score (nSPS) is 8.77. The van der Waals surface area contributed by atoms with Gasteiger partial charge in [-0.15, -0.1) is 17.1 Å². The van der Waals surface area contributed by atoms with Crippen molar-refractivity contribution in [2.45, 2.75) is 0 Å². The molecule has 0 atom stereocenters. The molecule has 9 nitrogen and oxygen atoms in total. The Morgan fingerprint density at radius 2 is 1.15 bits per heavy atom. The molecule has 0 fully saturated rings. The van der Waals surface area contributed by atoms with Crippen molar-refractivity contribution in [3.8, 4) is 0 Å². The van der Waals surface area contributed by atoms with Crippen LogP contribution in [0.25, 0.3) is 0 Å². The third-order valence-corrected chi connectivity index (χ3v) is 0. The highest BCUT2D eigenvalue weighted by Gasteiger charge is 1.98. The standard InChI is InChI=1S/ClHO4.ClHO3.ClHO2.ClH/c2-1(3,4)5;2-1(3)4;2-1-3;/h(H,2,3,4,5);2H;2H;1H. The van der Waals surface area contributed by atoms with E-state index in [0.717, 1.165) is 0 Å². The lowest BCUT2D eigenvalue weighted by Gasteiger charge is -2.03. The Morgan fingerprint density at radius 3 is 1.15 bits per heavy atom. The first-order valence-corrected chi connectivity index (χ1v) is 4.30. The monoisotopic (exact) mass is 288 g/mol. The molecule has 0 aliphatic carbocycles. The van der Waals surface area contributed by atoms with E-state index in [1.54, 1.807) is 0 Å². The molecule has 0 aromatic carbocycles. The topological polar surface area (TPSA) is 199 Å². The Kier molecular flexibility index (Phi) is 27.7. The molecule has 0 bridgehead atoms. The fourth-order valence-corrected chi connectivity index (χ4v) is 0.